The van der Waals surface area contributed by atoms with E-state index >= 15 is 0 Å². The van der Waals surface area contributed by atoms with Gasteiger partial charge in [-0.05, 0) is 37.8 Å². The van der Waals surface area contributed by atoms with Crippen LogP contribution >= 0.6 is 11.6 Å². The molecule has 2 N–H and O–H groups in total. The van der Waals surface area contributed by atoms with Gasteiger partial charge >= 0.3 is 6.09 Å². The van der Waals surface area contributed by atoms with Gasteiger partial charge in [0.15, 0.2) is 5.65 Å². The van der Waals surface area contributed by atoms with Crippen LogP contribution in [0.15, 0.2) is 35.5 Å². The number of aromatic nitrogens is 5. The van der Waals surface area contributed by atoms with Gasteiger partial charge in [-0.25, -0.2) is 4.79 Å². The SMILES string of the molecule is Cn1c(N2C3CCC2CC(NC(=O)O)C3)nc2c(c(-c3ccc4nccnc4c3Cl)cn2COCC[Si](C)(C)C)c1=O. The topological polar surface area (TPSA) is 127 Å². The fourth-order valence-electron chi connectivity index (χ4n) is 6.39. The fraction of sp³-hybridized carbons (Fsp3) is 0.483. The summed E-state index contributed by atoms with van der Waals surface area (Å²) in [6, 6.07) is 4.85. The Kier molecular flexibility index (Phi) is 7.48. The molecule has 0 saturated carbocycles. The summed E-state index contributed by atoms with van der Waals surface area (Å²) in [6.45, 7) is 7.81. The number of nitrogens with zero attached hydrogens (tertiary/aromatic N) is 6. The van der Waals surface area contributed by atoms with Crippen molar-refractivity contribution in [2.75, 3.05) is 11.5 Å². The highest BCUT2D eigenvalue weighted by atomic mass is 35.5. The van der Waals surface area contributed by atoms with Gasteiger partial charge < -0.3 is 24.6 Å². The molecule has 0 spiro atoms. The molecular formula is C29H36ClN7O4Si. The predicted molar refractivity (Wildman–Crippen MR) is 166 cm³/mol. The second-order valence-electron chi connectivity index (χ2n) is 12.6. The largest absolute Gasteiger partial charge is 0.465 e. The zero-order chi connectivity index (χ0) is 29.8. The Hall–Kier alpha value is -3.48. The average Bonchev–Trinajstić information content (AvgIpc) is 3.42. The average molecular weight is 610 g/mol. The van der Waals surface area contributed by atoms with Crippen molar-refractivity contribution in [2.24, 2.45) is 7.05 Å². The molecule has 6 rings (SSSR count). The van der Waals surface area contributed by atoms with Gasteiger partial charge in [-0.1, -0.05) is 37.3 Å². The van der Waals surface area contributed by atoms with Gasteiger partial charge in [0, 0.05) is 69.6 Å². The lowest BCUT2D eigenvalue weighted by molar-refractivity contribution is 0.0899. The van der Waals surface area contributed by atoms with Crippen LogP contribution in [0.2, 0.25) is 30.7 Å². The quantitative estimate of drug-likeness (QED) is 0.209. The Morgan fingerprint density at radius 3 is 2.55 bits per heavy atom. The van der Waals surface area contributed by atoms with Crippen LogP contribution in [0.5, 0.6) is 0 Å². The van der Waals surface area contributed by atoms with Crippen LogP contribution in [0, 0.1) is 0 Å². The minimum absolute atomic E-state index is 0.0977. The fourth-order valence-corrected chi connectivity index (χ4v) is 7.45. The molecule has 4 aromatic rings. The summed E-state index contributed by atoms with van der Waals surface area (Å²) in [6.07, 6.45) is 7.33. The van der Waals surface area contributed by atoms with Gasteiger partial charge in [0.1, 0.15) is 12.2 Å². The summed E-state index contributed by atoms with van der Waals surface area (Å²) in [5.41, 5.74) is 2.96. The van der Waals surface area contributed by atoms with Crippen molar-refractivity contribution in [3.8, 4) is 11.1 Å². The standard InChI is InChI=1S/C29H36ClN7O4Si/c1-35-27(38)23-21(20-7-8-22-25(24(20)30)32-10-9-31-22)15-36(16-41-11-12-42(2,3)4)26(23)34-28(35)37-18-5-6-19(37)14-17(13-18)33-29(39)40/h7-10,15,17-19,33H,5-6,11-14,16H2,1-4H3,(H,39,40). The molecular weight excluding hydrogens is 574 g/mol. The first-order valence-electron chi connectivity index (χ1n) is 14.4. The lowest BCUT2D eigenvalue weighted by Gasteiger charge is -2.40. The highest BCUT2D eigenvalue weighted by Crippen LogP contribution is 2.40. The summed E-state index contributed by atoms with van der Waals surface area (Å²) in [5.74, 6) is 0.595. The number of carbonyl (C=O) groups is 1. The number of ether oxygens (including phenoxy) is 1. The number of benzene rings is 1. The normalized spacial score (nSPS) is 20.5. The Morgan fingerprint density at radius 1 is 1.14 bits per heavy atom. The van der Waals surface area contributed by atoms with Gasteiger partial charge in [-0.3, -0.25) is 19.3 Å². The minimum atomic E-state index is -1.28. The molecule has 2 saturated heterocycles. The number of nitrogens with one attached hydrogen (secondary N) is 1. The number of anilines is 1. The van der Waals surface area contributed by atoms with Crippen molar-refractivity contribution < 1.29 is 14.6 Å². The number of fused-ring (bicyclic) bond motifs is 4. The number of rotatable bonds is 8. The minimum Gasteiger partial charge on any atom is -0.465 e. The molecule has 11 nitrogen and oxygen atoms in total. The lowest BCUT2D eigenvalue weighted by Crippen LogP contribution is -2.51. The van der Waals surface area contributed by atoms with E-state index in [9.17, 15) is 14.7 Å². The second-order valence-corrected chi connectivity index (χ2v) is 18.6. The third-order valence-corrected chi connectivity index (χ3v) is 10.5. The third-order valence-electron chi connectivity index (χ3n) is 8.46. The number of hydrogen-bond donors (Lipinski definition) is 2. The third kappa shape index (κ3) is 5.27. The van der Waals surface area contributed by atoms with Crippen molar-refractivity contribution in [2.45, 2.75) is 76.2 Å². The summed E-state index contributed by atoms with van der Waals surface area (Å²) >= 11 is 6.88. The van der Waals surface area contributed by atoms with Crippen molar-refractivity contribution in [1.82, 2.24) is 29.4 Å². The van der Waals surface area contributed by atoms with Crippen LogP contribution in [-0.2, 0) is 18.5 Å². The lowest BCUT2D eigenvalue weighted by atomic mass is 9.98. The molecule has 13 heteroatoms. The molecule has 2 aliphatic heterocycles. The van der Waals surface area contributed by atoms with Crippen LogP contribution in [0.3, 0.4) is 0 Å². The Labute approximate surface area is 249 Å². The van der Waals surface area contributed by atoms with Crippen LogP contribution in [-0.4, -0.2) is 68.1 Å². The summed E-state index contributed by atoms with van der Waals surface area (Å²) < 4.78 is 9.65. The van der Waals surface area contributed by atoms with E-state index in [-0.39, 0.29) is 30.4 Å². The van der Waals surface area contributed by atoms with Crippen LogP contribution in [0.1, 0.15) is 25.7 Å². The number of halogens is 1. The maximum absolute atomic E-state index is 14.2. The summed E-state index contributed by atoms with van der Waals surface area (Å²) in [7, 11) is 0.470. The van der Waals surface area contributed by atoms with E-state index in [1.54, 1.807) is 24.0 Å². The molecule has 2 atom stereocenters. The van der Waals surface area contributed by atoms with E-state index in [2.05, 4.69) is 39.8 Å². The van der Waals surface area contributed by atoms with Crippen molar-refractivity contribution in [3.63, 3.8) is 0 Å². The second kappa shape index (κ2) is 11.0. The number of amides is 1. The van der Waals surface area contributed by atoms with Gasteiger partial charge in [0.05, 0.1) is 15.9 Å². The Bertz CT molecular complexity index is 1720. The van der Waals surface area contributed by atoms with E-state index in [1.165, 1.54) is 0 Å². The highest BCUT2D eigenvalue weighted by Gasteiger charge is 2.43. The molecule has 1 amide bonds. The number of carboxylic acid groups (broad SMARTS) is 1. The van der Waals surface area contributed by atoms with Crippen LogP contribution in [0.25, 0.3) is 33.2 Å². The molecule has 5 heterocycles. The molecule has 2 fully saturated rings. The molecule has 1 aromatic carbocycles. The first-order valence-corrected chi connectivity index (χ1v) is 18.5. The highest BCUT2D eigenvalue weighted by molar-refractivity contribution is 6.76. The molecule has 2 unspecified atom stereocenters. The maximum atomic E-state index is 14.2. The molecule has 0 radical (unpaired) electrons. The van der Waals surface area contributed by atoms with Crippen LogP contribution < -0.4 is 15.8 Å². The van der Waals surface area contributed by atoms with Gasteiger partial charge in [-0.15, -0.1) is 0 Å². The predicted octanol–water partition coefficient (Wildman–Crippen LogP) is 5.08. The van der Waals surface area contributed by atoms with Crippen molar-refractivity contribution >= 4 is 53.8 Å². The zero-order valence-corrected chi connectivity index (χ0v) is 26.1. The van der Waals surface area contributed by atoms with E-state index in [0.29, 0.717) is 63.6 Å². The van der Waals surface area contributed by atoms with Gasteiger partial charge in [0.2, 0.25) is 5.95 Å². The van der Waals surface area contributed by atoms with E-state index in [4.69, 9.17) is 21.3 Å². The monoisotopic (exact) mass is 609 g/mol. The van der Waals surface area contributed by atoms with Gasteiger partial charge in [0.25, 0.3) is 5.56 Å². The van der Waals surface area contributed by atoms with Crippen molar-refractivity contribution in [1.29, 1.82) is 0 Å². The van der Waals surface area contributed by atoms with Crippen LogP contribution in [0.4, 0.5) is 10.7 Å². The first-order chi connectivity index (χ1) is 20.0. The summed E-state index contributed by atoms with van der Waals surface area (Å²) in [5, 5.41) is 12.8. The van der Waals surface area contributed by atoms with E-state index in [0.717, 1.165) is 18.9 Å². The maximum Gasteiger partial charge on any atom is 0.404 e. The molecule has 2 aliphatic rings. The zero-order valence-electron chi connectivity index (χ0n) is 24.3. The number of piperidine rings is 1. The first kappa shape index (κ1) is 28.6. The number of hydrogen-bond acceptors (Lipinski definition) is 7. The molecule has 42 heavy (non-hydrogen) atoms. The Morgan fingerprint density at radius 2 is 1.86 bits per heavy atom. The Balaban J connectivity index is 1.45. The molecule has 222 valence electrons. The van der Waals surface area contributed by atoms with Crippen molar-refractivity contribution in [3.05, 3.63) is 46.1 Å². The molecule has 0 aliphatic carbocycles. The van der Waals surface area contributed by atoms with Gasteiger partial charge in [-0.2, -0.15) is 4.98 Å². The molecule has 2 bridgehead atoms. The smallest absolute Gasteiger partial charge is 0.404 e. The van der Waals surface area contributed by atoms with E-state index < -0.39 is 14.2 Å². The van der Waals surface area contributed by atoms with E-state index in [1.807, 2.05) is 22.9 Å². The molecule has 3 aromatic heterocycles. The summed E-state index contributed by atoms with van der Waals surface area (Å²) in [4.78, 5) is 41.6.